The number of methoxy groups -OCH3 is 1. The molecular formula is C34H43N4O6V-. The van der Waals surface area contributed by atoms with Crippen molar-refractivity contribution < 1.29 is 47.1 Å². The first-order chi connectivity index (χ1) is 21.4. The molecule has 4 fully saturated rings. The van der Waals surface area contributed by atoms with E-state index in [1.807, 2.05) is 32.0 Å². The number of amides is 2. The zero-order valence-electron chi connectivity index (χ0n) is 26.4. The number of ether oxygens (including phenoxy) is 3. The summed E-state index contributed by atoms with van der Waals surface area (Å²) in [6.45, 7) is 4.04. The largest absolute Gasteiger partial charge is 0.540 e. The van der Waals surface area contributed by atoms with Crippen molar-refractivity contribution in [2.45, 2.75) is 108 Å². The standard InChI is InChI=1S/C34H43N4O6.V/c1-4-21-27(18-39)38-17-29(21)43-31-30(35-25-10-9-20(42-3)16-26(25)36-31)34(12-13-34)11-7-6-8-22-23-14-19(23)15-28(22)44-33(41)37-24(5-2)32(38)40;/h9-10,16,19,21-24,27-29H,4-8,11-15,17H2,1-3H3,(H,37,41);/q-1;/t19?,21-,22+,23?,24-,27+,28+,29-;/m0./s1. The van der Waals surface area contributed by atoms with Gasteiger partial charge in [-0.15, -0.1) is 0 Å². The Kier molecular flexibility index (Phi) is 9.09. The summed E-state index contributed by atoms with van der Waals surface area (Å²) >= 11 is 0. The van der Waals surface area contributed by atoms with Crippen molar-refractivity contribution in [1.82, 2.24) is 20.2 Å². The van der Waals surface area contributed by atoms with Crippen molar-refractivity contribution in [3.05, 3.63) is 23.9 Å². The molecule has 1 radical (unpaired) electrons. The average molecular weight is 655 g/mol. The van der Waals surface area contributed by atoms with Crippen LogP contribution in [0.2, 0.25) is 0 Å². The Hall–Kier alpha value is -2.85. The quantitative estimate of drug-likeness (QED) is 0.465. The minimum absolute atomic E-state index is 0. The molecule has 45 heavy (non-hydrogen) atoms. The molecule has 1 aromatic heterocycles. The van der Waals surface area contributed by atoms with Crippen LogP contribution in [0.25, 0.3) is 11.0 Å². The third kappa shape index (κ3) is 5.93. The molecule has 11 heteroatoms. The van der Waals surface area contributed by atoms with Crippen LogP contribution in [0, 0.1) is 23.7 Å². The number of hydrogen-bond acceptors (Lipinski definition) is 8. The third-order valence-corrected chi connectivity index (χ3v) is 11.2. The fraction of sp³-hybridized carbons (Fsp3) is 0.676. The van der Waals surface area contributed by atoms with E-state index in [2.05, 4.69) is 11.6 Å². The van der Waals surface area contributed by atoms with Crippen molar-refractivity contribution >= 4 is 29.3 Å². The molecule has 1 N–H and O–H groups in total. The van der Waals surface area contributed by atoms with Gasteiger partial charge in [0.15, 0.2) is 0 Å². The molecule has 3 heterocycles. The summed E-state index contributed by atoms with van der Waals surface area (Å²) in [5.41, 5.74) is 2.25. The number of nitrogens with zero attached hydrogens (tertiary/aromatic N) is 3. The monoisotopic (exact) mass is 654 g/mol. The van der Waals surface area contributed by atoms with E-state index in [1.54, 1.807) is 7.11 Å². The van der Waals surface area contributed by atoms with Gasteiger partial charge in [-0.25, -0.2) is 21.0 Å². The van der Waals surface area contributed by atoms with E-state index in [4.69, 9.17) is 24.2 Å². The van der Waals surface area contributed by atoms with Crippen molar-refractivity contribution in [2.24, 2.45) is 23.7 Å². The van der Waals surface area contributed by atoms with Crippen LogP contribution >= 0.6 is 0 Å². The molecule has 241 valence electrons. The first-order valence-corrected chi connectivity index (χ1v) is 16.6. The molecule has 2 aromatic rings. The summed E-state index contributed by atoms with van der Waals surface area (Å²) in [5, 5.41) is 2.83. The first kappa shape index (κ1) is 32.1. The Morgan fingerprint density at radius 2 is 1.84 bits per heavy atom. The fourth-order valence-electron chi connectivity index (χ4n) is 8.38. The van der Waals surface area contributed by atoms with Crippen LogP contribution in [-0.4, -0.2) is 71.1 Å². The number of carbonyl (C=O) groups excluding carboxylic acids is 3. The van der Waals surface area contributed by atoms with E-state index in [9.17, 15) is 14.4 Å². The number of hydrogen-bond donors (Lipinski definition) is 1. The molecular weight excluding hydrogens is 611 g/mol. The van der Waals surface area contributed by atoms with Crippen molar-refractivity contribution in [1.29, 1.82) is 0 Å². The molecule has 1 saturated heterocycles. The Morgan fingerprint density at radius 3 is 2.56 bits per heavy atom. The third-order valence-electron chi connectivity index (χ3n) is 11.2. The van der Waals surface area contributed by atoms with Gasteiger partial charge in [-0.05, 0) is 80.8 Å². The molecule has 7 rings (SSSR count). The van der Waals surface area contributed by atoms with Crippen LogP contribution in [0.1, 0.15) is 83.7 Å². The second-order valence-corrected chi connectivity index (χ2v) is 13.6. The minimum Gasteiger partial charge on any atom is -0.540 e. The number of nitrogens with one attached hydrogen (secondary N) is 1. The van der Waals surface area contributed by atoms with E-state index in [0.29, 0.717) is 47.7 Å². The van der Waals surface area contributed by atoms with E-state index in [0.717, 1.165) is 56.2 Å². The summed E-state index contributed by atoms with van der Waals surface area (Å²) in [4.78, 5) is 51.0. The second-order valence-electron chi connectivity index (χ2n) is 13.6. The second kappa shape index (κ2) is 12.7. The van der Waals surface area contributed by atoms with Crippen molar-refractivity contribution in [3.8, 4) is 11.6 Å². The molecule has 10 nitrogen and oxygen atoms in total. The van der Waals surface area contributed by atoms with Gasteiger partial charge in [0, 0.05) is 30.0 Å². The topological polar surface area (TPSA) is 120 Å². The maximum absolute atomic E-state index is 13.9. The predicted octanol–water partition coefficient (Wildman–Crippen LogP) is 4.87. The number of aromatic nitrogens is 2. The summed E-state index contributed by atoms with van der Waals surface area (Å²) in [7, 11) is 1.62. The SMILES string of the molecule is CC[C@@H]1[C@@H]2CN(C(=O)[C@H](CC)NC(=O)O[C@@H]3CC4CC4[C@H]3CCCCC3(CC3)c3nc4ccc(OC)cc4nc3O2)[C@@H]1[C-]=O.[V]. The van der Waals surface area contributed by atoms with Crippen LogP contribution in [-0.2, 0) is 38.3 Å². The molecule has 5 aliphatic rings. The zero-order valence-corrected chi connectivity index (χ0v) is 27.8. The normalized spacial score (nSPS) is 33.7. The Balaban J connectivity index is 0.00000357. The van der Waals surface area contributed by atoms with Crippen LogP contribution in [0.15, 0.2) is 18.2 Å². The van der Waals surface area contributed by atoms with Gasteiger partial charge in [0.25, 0.3) is 0 Å². The molecule has 2 bridgehead atoms. The predicted molar refractivity (Wildman–Crippen MR) is 162 cm³/mol. The smallest absolute Gasteiger partial charge is 0.408 e. The molecule has 1 spiro atoms. The maximum atomic E-state index is 13.9. The van der Waals surface area contributed by atoms with Gasteiger partial charge in [0.2, 0.25) is 11.8 Å². The molecule has 2 amide bonds. The Labute approximate surface area is 276 Å². The van der Waals surface area contributed by atoms with Gasteiger partial charge in [-0.2, -0.15) is 0 Å². The van der Waals surface area contributed by atoms with E-state index in [1.165, 1.54) is 11.3 Å². The van der Waals surface area contributed by atoms with Crippen LogP contribution in [0.5, 0.6) is 11.6 Å². The number of alkyl carbamates (subject to hydrolysis) is 1. The summed E-state index contributed by atoms with van der Waals surface area (Å²) in [6.07, 6.45) is 10.3. The molecule has 2 unspecified atom stereocenters. The number of benzene rings is 1. The minimum atomic E-state index is -0.805. The van der Waals surface area contributed by atoms with Gasteiger partial charge >= 0.3 is 6.09 Å². The van der Waals surface area contributed by atoms with Gasteiger partial charge in [-0.1, -0.05) is 39.2 Å². The maximum Gasteiger partial charge on any atom is 0.408 e. The number of fused-ring (bicyclic) bond motifs is 8. The van der Waals surface area contributed by atoms with Gasteiger partial charge in [0.05, 0.1) is 24.7 Å². The van der Waals surface area contributed by atoms with Gasteiger partial charge in [0.1, 0.15) is 29.7 Å². The van der Waals surface area contributed by atoms with E-state index < -0.39 is 24.3 Å². The molecule has 1 aromatic carbocycles. The van der Waals surface area contributed by atoms with Crippen LogP contribution in [0.3, 0.4) is 0 Å². The number of rotatable bonds is 4. The van der Waals surface area contributed by atoms with E-state index in [-0.39, 0.29) is 48.4 Å². The number of carbonyl (C=O) groups is 2. The molecule has 3 aliphatic carbocycles. The summed E-state index contributed by atoms with van der Waals surface area (Å²) in [5.74, 6) is 2.22. The molecule has 8 atom stereocenters. The first-order valence-electron chi connectivity index (χ1n) is 16.6. The zero-order chi connectivity index (χ0) is 30.6. The fourth-order valence-corrected chi connectivity index (χ4v) is 8.38. The summed E-state index contributed by atoms with van der Waals surface area (Å²) < 4.78 is 18.2. The van der Waals surface area contributed by atoms with Crippen LogP contribution < -0.4 is 14.8 Å². The molecule has 3 saturated carbocycles. The summed E-state index contributed by atoms with van der Waals surface area (Å²) in [6, 6.07) is 4.11. The van der Waals surface area contributed by atoms with Gasteiger partial charge in [-0.3, -0.25) is 4.79 Å². The van der Waals surface area contributed by atoms with Crippen molar-refractivity contribution in [3.63, 3.8) is 0 Å². The Bertz CT molecular complexity index is 1450. The molecule has 2 aliphatic heterocycles. The van der Waals surface area contributed by atoms with Gasteiger partial charge < -0.3 is 29.2 Å². The van der Waals surface area contributed by atoms with Crippen LogP contribution in [0.4, 0.5) is 4.79 Å². The average Bonchev–Trinajstić information content (AvgIpc) is 3.93. The van der Waals surface area contributed by atoms with E-state index >= 15 is 0 Å². The van der Waals surface area contributed by atoms with Crippen molar-refractivity contribution in [2.75, 3.05) is 13.7 Å². The Morgan fingerprint density at radius 1 is 1.02 bits per heavy atom.